The van der Waals surface area contributed by atoms with Crippen molar-refractivity contribution in [1.29, 1.82) is 0 Å². The molecule has 170 valence electrons. The average molecular weight is 433 g/mol. The van der Waals surface area contributed by atoms with E-state index in [1.165, 1.54) is 4.90 Å². The summed E-state index contributed by atoms with van der Waals surface area (Å²) in [6.07, 6.45) is 10.6. The zero-order valence-corrected chi connectivity index (χ0v) is 18.1. The van der Waals surface area contributed by atoms with Crippen molar-refractivity contribution >= 4 is 17.8 Å². The third-order valence-electron chi connectivity index (χ3n) is 6.77. The van der Waals surface area contributed by atoms with E-state index in [0.29, 0.717) is 26.1 Å². The van der Waals surface area contributed by atoms with Crippen molar-refractivity contribution in [2.75, 3.05) is 32.8 Å². The van der Waals surface area contributed by atoms with E-state index in [4.69, 9.17) is 9.47 Å². The van der Waals surface area contributed by atoms with Gasteiger partial charge >= 0.3 is 5.97 Å². The number of nitrogens with zero attached hydrogens (tertiary/aromatic N) is 2. The number of aliphatic hydroxyl groups excluding tert-OH is 1. The van der Waals surface area contributed by atoms with Gasteiger partial charge in [-0.15, -0.1) is 0 Å². The number of amides is 2. The van der Waals surface area contributed by atoms with Crippen molar-refractivity contribution in [3.63, 3.8) is 0 Å². The first-order chi connectivity index (χ1) is 15.0. The van der Waals surface area contributed by atoms with Gasteiger partial charge in [0.2, 0.25) is 11.8 Å². The zero-order valence-electron chi connectivity index (χ0n) is 18.1. The first kappa shape index (κ1) is 22.0. The maximum absolute atomic E-state index is 13.7. The highest BCUT2D eigenvalue weighted by Crippen LogP contribution is 2.53. The number of ether oxygens (including phenoxy) is 2. The van der Waals surface area contributed by atoms with Crippen LogP contribution in [0.1, 0.15) is 39.0 Å². The van der Waals surface area contributed by atoms with Crippen molar-refractivity contribution in [2.24, 2.45) is 11.8 Å². The number of aliphatic hydroxyl groups is 1. The molecule has 0 saturated carbocycles. The fourth-order valence-electron chi connectivity index (χ4n) is 5.33. The van der Waals surface area contributed by atoms with Gasteiger partial charge < -0.3 is 24.4 Å². The maximum Gasteiger partial charge on any atom is 0.312 e. The molecule has 2 fully saturated rings. The first-order valence-corrected chi connectivity index (χ1v) is 11.4. The van der Waals surface area contributed by atoms with Crippen LogP contribution in [-0.4, -0.2) is 83.3 Å². The molecule has 1 unspecified atom stereocenters. The zero-order chi connectivity index (χ0) is 22.0. The molecule has 31 heavy (non-hydrogen) atoms. The Bertz CT molecular complexity index is 780. The molecule has 0 aromatic heterocycles. The number of carbonyl (C=O) groups is 3. The number of likely N-dealkylation sites (tertiary alicyclic amines) is 1. The van der Waals surface area contributed by atoms with Crippen molar-refractivity contribution in [1.82, 2.24) is 9.80 Å². The molecule has 5 atom stereocenters. The van der Waals surface area contributed by atoms with Gasteiger partial charge in [-0.1, -0.05) is 37.6 Å². The van der Waals surface area contributed by atoms with E-state index < -0.39 is 35.6 Å². The molecule has 0 bridgehead atoms. The Morgan fingerprint density at radius 3 is 2.77 bits per heavy atom. The van der Waals surface area contributed by atoms with Gasteiger partial charge in [0, 0.05) is 26.2 Å². The quantitative estimate of drug-likeness (QED) is 0.498. The average Bonchev–Trinajstić information content (AvgIpc) is 3.16. The Hall–Kier alpha value is -2.19. The smallest absolute Gasteiger partial charge is 0.312 e. The number of fused-ring (bicyclic) bond motifs is 2. The molecule has 1 spiro atoms. The normalized spacial score (nSPS) is 36.1. The second-order valence-electron chi connectivity index (χ2n) is 8.73. The summed E-state index contributed by atoms with van der Waals surface area (Å²) in [5.74, 6) is -2.48. The molecule has 2 saturated heterocycles. The van der Waals surface area contributed by atoms with Crippen LogP contribution in [0.5, 0.6) is 0 Å². The van der Waals surface area contributed by atoms with Gasteiger partial charge in [-0.05, 0) is 25.7 Å². The largest absolute Gasteiger partial charge is 0.465 e. The van der Waals surface area contributed by atoms with Crippen LogP contribution >= 0.6 is 0 Å². The van der Waals surface area contributed by atoms with Crippen LogP contribution in [0.3, 0.4) is 0 Å². The standard InChI is InChI=1S/C23H32N2O6/c1-2-3-11-24-12-7-10-23-18(20(27)25(13-8-14-26)19(23)21(24)28)17-16(31-23)9-5-4-6-15-30-22(17)29/h5,7,9-10,16-19,26H,2-4,6,8,11-15H2,1H3/b9-5-/t16-,17+,18+,19?,23+/m1/s1. The molecule has 4 rings (SSSR count). The van der Waals surface area contributed by atoms with Gasteiger partial charge in [0.05, 0.1) is 18.6 Å². The number of rotatable bonds is 6. The highest BCUT2D eigenvalue weighted by molar-refractivity contribution is 5.99. The summed E-state index contributed by atoms with van der Waals surface area (Å²) in [4.78, 5) is 43.6. The van der Waals surface area contributed by atoms with Gasteiger partial charge in [-0.3, -0.25) is 14.4 Å². The van der Waals surface area contributed by atoms with Crippen LogP contribution in [0.25, 0.3) is 0 Å². The van der Waals surface area contributed by atoms with E-state index in [1.54, 1.807) is 4.90 Å². The Morgan fingerprint density at radius 2 is 2.00 bits per heavy atom. The second kappa shape index (κ2) is 9.12. The summed E-state index contributed by atoms with van der Waals surface area (Å²) in [5, 5.41) is 9.37. The third kappa shape index (κ3) is 3.69. The van der Waals surface area contributed by atoms with Crippen molar-refractivity contribution in [2.45, 2.75) is 56.8 Å². The van der Waals surface area contributed by atoms with Gasteiger partial charge in [-0.25, -0.2) is 0 Å². The van der Waals surface area contributed by atoms with Crippen LogP contribution in [-0.2, 0) is 23.9 Å². The summed E-state index contributed by atoms with van der Waals surface area (Å²) >= 11 is 0. The molecular formula is C23H32N2O6. The van der Waals surface area contributed by atoms with Crippen molar-refractivity contribution < 1.29 is 29.0 Å². The Kier molecular flexibility index (Phi) is 6.48. The lowest BCUT2D eigenvalue weighted by Gasteiger charge is -2.35. The Balaban J connectivity index is 1.77. The van der Waals surface area contributed by atoms with E-state index in [0.717, 1.165) is 25.7 Å². The van der Waals surface area contributed by atoms with Crippen LogP contribution in [0.15, 0.2) is 24.3 Å². The fourth-order valence-corrected chi connectivity index (χ4v) is 5.33. The molecule has 0 aromatic rings. The van der Waals surface area contributed by atoms with Crippen LogP contribution in [0.4, 0.5) is 0 Å². The third-order valence-corrected chi connectivity index (χ3v) is 6.77. The van der Waals surface area contributed by atoms with Crippen molar-refractivity contribution in [3.8, 4) is 0 Å². The molecule has 8 heteroatoms. The van der Waals surface area contributed by atoms with E-state index in [2.05, 4.69) is 6.92 Å². The van der Waals surface area contributed by atoms with Gasteiger partial charge in [-0.2, -0.15) is 0 Å². The number of unbranched alkanes of at least 4 members (excludes halogenated alkanes) is 1. The topological polar surface area (TPSA) is 96.4 Å². The summed E-state index contributed by atoms with van der Waals surface area (Å²) in [6.45, 7) is 3.58. The summed E-state index contributed by atoms with van der Waals surface area (Å²) in [6, 6.07) is -0.844. The highest BCUT2D eigenvalue weighted by atomic mass is 16.6. The van der Waals surface area contributed by atoms with E-state index in [9.17, 15) is 19.5 Å². The summed E-state index contributed by atoms with van der Waals surface area (Å²) < 4.78 is 11.9. The predicted octanol–water partition coefficient (Wildman–Crippen LogP) is 1.04. The molecule has 8 nitrogen and oxygen atoms in total. The SMILES string of the molecule is CCCCN1CC=C[C@]23O[C@@H]4/C=C\CCCOC(=O)[C@@H]4[C@H]2C(=O)N(CCCO)C3C1=O. The van der Waals surface area contributed by atoms with Gasteiger partial charge in [0.1, 0.15) is 17.6 Å². The molecule has 2 amide bonds. The molecule has 4 aliphatic rings. The van der Waals surface area contributed by atoms with Crippen molar-refractivity contribution in [3.05, 3.63) is 24.3 Å². The molecule has 0 aromatic carbocycles. The molecule has 0 radical (unpaired) electrons. The number of allylic oxidation sites excluding steroid dienone is 1. The monoisotopic (exact) mass is 432 g/mol. The maximum atomic E-state index is 13.7. The number of hydrogen-bond donors (Lipinski definition) is 1. The molecule has 1 N–H and O–H groups in total. The second-order valence-corrected chi connectivity index (χ2v) is 8.73. The van der Waals surface area contributed by atoms with Gasteiger partial charge in [0.15, 0.2) is 0 Å². The minimum atomic E-state index is -1.21. The molecule has 4 aliphatic heterocycles. The van der Waals surface area contributed by atoms with Crippen LogP contribution < -0.4 is 0 Å². The highest BCUT2D eigenvalue weighted by Gasteiger charge is 2.71. The lowest BCUT2D eigenvalue weighted by atomic mass is 9.78. The molecular weight excluding hydrogens is 400 g/mol. The number of esters is 1. The minimum Gasteiger partial charge on any atom is -0.465 e. The number of carbonyl (C=O) groups excluding carboxylic acids is 3. The predicted molar refractivity (Wildman–Crippen MR) is 112 cm³/mol. The van der Waals surface area contributed by atoms with E-state index in [1.807, 2.05) is 24.3 Å². The van der Waals surface area contributed by atoms with E-state index >= 15 is 0 Å². The van der Waals surface area contributed by atoms with Crippen LogP contribution in [0.2, 0.25) is 0 Å². The number of hydrogen-bond acceptors (Lipinski definition) is 6. The lowest BCUT2D eigenvalue weighted by molar-refractivity contribution is -0.154. The summed E-state index contributed by atoms with van der Waals surface area (Å²) in [5.41, 5.74) is -1.21. The van der Waals surface area contributed by atoms with Gasteiger partial charge in [0.25, 0.3) is 0 Å². The first-order valence-electron chi connectivity index (χ1n) is 11.4. The summed E-state index contributed by atoms with van der Waals surface area (Å²) in [7, 11) is 0. The molecule has 0 aliphatic carbocycles. The Labute approximate surface area is 182 Å². The van der Waals surface area contributed by atoms with E-state index in [-0.39, 0.29) is 25.0 Å². The Morgan fingerprint density at radius 1 is 1.16 bits per heavy atom. The fraction of sp³-hybridized carbons (Fsp3) is 0.696. The number of cyclic esters (lactones) is 1. The molecule has 4 heterocycles. The minimum absolute atomic E-state index is 0.0879. The van der Waals surface area contributed by atoms with Crippen LogP contribution in [0, 0.1) is 11.8 Å². The lowest BCUT2D eigenvalue weighted by Crippen LogP contribution is -2.55.